The fraction of sp³-hybridized carbons (Fsp3) is 0.786. The van der Waals surface area contributed by atoms with Crippen LogP contribution < -0.4 is 0 Å². The SMILES string of the molecule is CCOC(C)O[C@@H]1C=CC(=O)[C@H]([C@H]2COC(C)(C)O2)O1. The minimum Gasteiger partial charge on any atom is -0.353 e. The van der Waals surface area contributed by atoms with E-state index in [0.29, 0.717) is 13.2 Å². The summed E-state index contributed by atoms with van der Waals surface area (Å²) in [6.45, 7) is 8.15. The zero-order valence-electron chi connectivity index (χ0n) is 12.3. The van der Waals surface area contributed by atoms with Crippen LogP contribution in [0, 0.1) is 0 Å². The third-order valence-corrected chi connectivity index (χ3v) is 3.07. The van der Waals surface area contributed by atoms with E-state index in [0.717, 1.165) is 0 Å². The van der Waals surface area contributed by atoms with Crippen molar-refractivity contribution in [2.45, 2.75) is 58.3 Å². The Kier molecular flexibility index (Phi) is 4.93. The van der Waals surface area contributed by atoms with Crippen molar-refractivity contribution in [1.82, 2.24) is 0 Å². The summed E-state index contributed by atoms with van der Waals surface area (Å²) in [5.74, 6) is -0.829. The molecule has 0 radical (unpaired) electrons. The number of hydrogen-bond donors (Lipinski definition) is 0. The van der Waals surface area contributed by atoms with Crippen LogP contribution in [0.2, 0.25) is 0 Å². The van der Waals surface area contributed by atoms with Crippen LogP contribution in [0.1, 0.15) is 27.7 Å². The molecule has 2 rings (SSSR count). The molecule has 0 bridgehead atoms. The Morgan fingerprint density at radius 1 is 1.50 bits per heavy atom. The van der Waals surface area contributed by atoms with Gasteiger partial charge in [0.25, 0.3) is 0 Å². The van der Waals surface area contributed by atoms with E-state index < -0.39 is 30.6 Å². The van der Waals surface area contributed by atoms with Gasteiger partial charge in [0, 0.05) is 6.61 Å². The molecule has 0 amide bonds. The first-order valence-corrected chi connectivity index (χ1v) is 6.87. The van der Waals surface area contributed by atoms with E-state index in [1.165, 1.54) is 6.08 Å². The zero-order chi connectivity index (χ0) is 14.8. The standard InChI is InChI=1S/C14H22O6/c1-5-16-9(2)18-12-7-6-10(15)13(19-12)11-8-17-14(3,4)20-11/h6-7,9,11-13H,5,8H2,1-4H3/t9?,11-,12+,13-/m1/s1. The topological polar surface area (TPSA) is 63.2 Å². The van der Waals surface area contributed by atoms with E-state index in [2.05, 4.69) is 0 Å². The van der Waals surface area contributed by atoms with E-state index >= 15 is 0 Å². The molecular weight excluding hydrogens is 264 g/mol. The molecule has 4 atom stereocenters. The smallest absolute Gasteiger partial charge is 0.187 e. The number of carbonyl (C=O) groups is 1. The first-order chi connectivity index (χ1) is 9.41. The lowest BCUT2D eigenvalue weighted by atomic mass is 10.1. The summed E-state index contributed by atoms with van der Waals surface area (Å²) >= 11 is 0. The number of ether oxygens (including phenoxy) is 5. The predicted octanol–water partition coefficient (Wildman–Crippen LogP) is 1.39. The fourth-order valence-electron chi connectivity index (χ4n) is 2.20. The summed E-state index contributed by atoms with van der Waals surface area (Å²) in [5, 5.41) is 0. The van der Waals surface area contributed by atoms with Gasteiger partial charge in [-0.3, -0.25) is 4.79 Å². The zero-order valence-corrected chi connectivity index (χ0v) is 12.3. The van der Waals surface area contributed by atoms with Crippen molar-refractivity contribution in [1.29, 1.82) is 0 Å². The molecule has 1 fully saturated rings. The van der Waals surface area contributed by atoms with Crippen molar-refractivity contribution in [3.05, 3.63) is 12.2 Å². The number of hydrogen-bond acceptors (Lipinski definition) is 6. The average Bonchev–Trinajstić information content (AvgIpc) is 2.72. The van der Waals surface area contributed by atoms with Crippen LogP contribution in [0.25, 0.3) is 0 Å². The lowest BCUT2D eigenvalue weighted by molar-refractivity contribution is -0.245. The summed E-state index contributed by atoms with van der Waals surface area (Å²) in [6.07, 6.45) is 0.894. The molecule has 6 nitrogen and oxygen atoms in total. The Morgan fingerprint density at radius 2 is 2.25 bits per heavy atom. The van der Waals surface area contributed by atoms with Crippen molar-refractivity contribution < 1.29 is 28.5 Å². The molecular formula is C14H22O6. The lowest BCUT2D eigenvalue weighted by Gasteiger charge is -2.29. The molecule has 0 aromatic carbocycles. The van der Waals surface area contributed by atoms with Crippen molar-refractivity contribution in [2.24, 2.45) is 0 Å². The monoisotopic (exact) mass is 286 g/mol. The van der Waals surface area contributed by atoms with Gasteiger partial charge in [-0.1, -0.05) is 0 Å². The van der Waals surface area contributed by atoms with E-state index in [4.69, 9.17) is 23.7 Å². The second kappa shape index (κ2) is 6.32. The first-order valence-electron chi connectivity index (χ1n) is 6.87. The molecule has 1 saturated heterocycles. The summed E-state index contributed by atoms with van der Waals surface area (Å²) in [5.41, 5.74) is 0. The van der Waals surface area contributed by atoms with Crippen LogP contribution in [0.5, 0.6) is 0 Å². The highest BCUT2D eigenvalue weighted by atomic mass is 16.8. The van der Waals surface area contributed by atoms with Gasteiger partial charge in [-0.2, -0.15) is 0 Å². The van der Waals surface area contributed by atoms with E-state index in [-0.39, 0.29) is 5.78 Å². The molecule has 2 aliphatic rings. The van der Waals surface area contributed by atoms with Crippen molar-refractivity contribution in [3.63, 3.8) is 0 Å². The minimum atomic E-state index is -0.708. The second-order valence-corrected chi connectivity index (χ2v) is 5.21. The molecule has 6 heteroatoms. The molecule has 0 aromatic heterocycles. The Hall–Kier alpha value is -0.790. The quantitative estimate of drug-likeness (QED) is 0.712. The normalized spacial score (nSPS) is 34.4. The molecule has 2 heterocycles. The van der Waals surface area contributed by atoms with Gasteiger partial charge in [0.1, 0.15) is 6.10 Å². The summed E-state index contributed by atoms with van der Waals surface area (Å²) in [7, 11) is 0. The maximum Gasteiger partial charge on any atom is 0.187 e. The summed E-state index contributed by atoms with van der Waals surface area (Å²) in [6, 6.07) is 0. The molecule has 114 valence electrons. The minimum absolute atomic E-state index is 0.139. The Balaban J connectivity index is 1.94. The number of carbonyl (C=O) groups excluding carboxylic acids is 1. The van der Waals surface area contributed by atoms with Gasteiger partial charge in [0.05, 0.1) is 6.61 Å². The number of rotatable bonds is 5. The summed E-state index contributed by atoms with van der Waals surface area (Å²) in [4.78, 5) is 11.9. The first kappa shape index (κ1) is 15.6. The second-order valence-electron chi connectivity index (χ2n) is 5.21. The van der Waals surface area contributed by atoms with Gasteiger partial charge < -0.3 is 23.7 Å². The van der Waals surface area contributed by atoms with Gasteiger partial charge in [0.15, 0.2) is 30.3 Å². The van der Waals surface area contributed by atoms with Crippen molar-refractivity contribution >= 4 is 5.78 Å². The highest BCUT2D eigenvalue weighted by Gasteiger charge is 2.42. The van der Waals surface area contributed by atoms with Crippen LogP contribution >= 0.6 is 0 Å². The van der Waals surface area contributed by atoms with Crippen LogP contribution in [0.15, 0.2) is 12.2 Å². The third-order valence-electron chi connectivity index (χ3n) is 3.07. The average molecular weight is 286 g/mol. The van der Waals surface area contributed by atoms with E-state index in [1.54, 1.807) is 26.8 Å². The Morgan fingerprint density at radius 3 is 2.85 bits per heavy atom. The van der Waals surface area contributed by atoms with Gasteiger partial charge in [-0.05, 0) is 39.8 Å². The lowest BCUT2D eigenvalue weighted by Crippen LogP contribution is -2.44. The molecule has 0 spiro atoms. The molecule has 0 aromatic rings. The van der Waals surface area contributed by atoms with Crippen molar-refractivity contribution in [3.8, 4) is 0 Å². The van der Waals surface area contributed by atoms with Gasteiger partial charge in [-0.25, -0.2) is 0 Å². The van der Waals surface area contributed by atoms with Crippen LogP contribution in [0.3, 0.4) is 0 Å². The van der Waals surface area contributed by atoms with Crippen molar-refractivity contribution in [2.75, 3.05) is 13.2 Å². The van der Waals surface area contributed by atoms with Gasteiger partial charge >= 0.3 is 0 Å². The molecule has 0 saturated carbocycles. The maximum atomic E-state index is 11.9. The van der Waals surface area contributed by atoms with Gasteiger partial charge in [-0.15, -0.1) is 0 Å². The Bertz CT molecular complexity index is 378. The van der Waals surface area contributed by atoms with Gasteiger partial charge in [0.2, 0.25) is 0 Å². The highest BCUT2D eigenvalue weighted by molar-refractivity contribution is 5.94. The number of ketones is 1. The van der Waals surface area contributed by atoms with E-state index in [1.807, 2.05) is 6.92 Å². The molecule has 1 unspecified atom stereocenters. The molecule has 20 heavy (non-hydrogen) atoms. The largest absolute Gasteiger partial charge is 0.353 e. The highest BCUT2D eigenvalue weighted by Crippen LogP contribution is 2.28. The summed E-state index contributed by atoms with van der Waals surface area (Å²) < 4.78 is 27.6. The van der Waals surface area contributed by atoms with Crippen LogP contribution in [0.4, 0.5) is 0 Å². The van der Waals surface area contributed by atoms with Crippen LogP contribution in [-0.2, 0) is 28.5 Å². The maximum absolute atomic E-state index is 11.9. The van der Waals surface area contributed by atoms with Crippen LogP contribution in [-0.4, -0.2) is 49.6 Å². The Labute approximate surface area is 119 Å². The molecule has 0 N–H and O–H groups in total. The van der Waals surface area contributed by atoms with E-state index in [9.17, 15) is 4.79 Å². The molecule has 0 aliphatic carbocycles. The third kappa shape index (κ3) is 3.86. The molecule has 2 aliphatic heterocycles. The predicted molar refractivity (Wildman–Crippen MR) is 69.9 cm³/mol. The fourth-order valence-corrected chi connectivity index (χ4v) is 2.20.